The molecule has 0 fully saturated rings. The second-order valence-corrected chi connectivity index (χ2v) is 6.56. The highest BCUT2D eigenvalue weighted by Crippen LogP contribution is 2.42. The number of hydrogen-bond acceptors (Lipinski definition) is 3. The van der Waals surface area contributed by atoms with Gasteiger partial charge in [0.2, 0.25) is 0 Å². The lowest BCUT2D eigenvalue weighted by Gasteiger charge is -2.17. The Kier molecular flexibility index (Phi) is 3.70. The predicted molar refractivity (Wildman–Crippen MR) is 86.0 cm³/mol. The van der Waals surface area contributed by atoms with Gasteiger partial charge in [0.15, 0.2) is 11.3 Å². The summed E-state index contributed by atoms with van der Waals surface area (Å²) in [4.78, 5) is 0. The molecule has 0 amide bonds. The predicted octanol–water partition coefficient (Wildman–Crippen LogP) is 4.60. The maximum atomic E-state index is 6.18. The highest BCUT2D eigenvalue weighted by atomic mass is 16.5. The second kappa shape index (κ2) is 5.38. The summed E-state index contributed by atoms with van der Waals surface area (Å²) >= 11 is 0. The summed E-state index contributed by atoms with van der Waals surface area (Å²) in [5, 5.41) is 4.65. The first-order valence-corrected chi connectivity index (χ1v) is 8.02. The summed E-state index contributed by atoms with van der Waals surface area (Å²) in [5.41, 5.74) is 2.03. The van der Waals surface area contributed by atoms with E-state index >= 15 is 0 Å². The quantitative estimate of drug-likeness (QED) is 0.873. The van der Waals surface area contributed by atoms with Crippen molar-refractivity contribution in [1.82, 2.24) is 5.32 Å². The molecule has 3 rings (SSSR count). The molecule has 1 aromatic heterocycles. The van der Waals surface area contributed by atoms with Crippen LogP contribution in [-0.4, -0.2) is 12.1 Å². The molecular weight excluding hydrogens is 262 g/mol. The van der Waals surface area contributed by atoms with Crippen molar-refractivity contribution in [3.63, 3.8) is 0 Å². The van der Waals surface area contributed by atoms with Crippen LogP contribution in [0.1, 0.15) is 57.9 Å². The van der Waals surface area contributed by atoms with Crippen molar-refractivity contribution in [2.24, 2.45) is 0 Å². The van der Waals surface area contributed by atoms with Crippen LogP contribution in [-0.2, 0) is 6.42 Å². The topological polar surface area (TPSA) is 34.4 Å². The van der Waals surface area contributed by atoms with Crippen LogP contribution in [0.5, 0.6) is 5.75 Å². The molecule has 0 aliphatic carbocycles. The fraction of sp³-hybridized carbons (Fsp3) is 0.556. The fourth-order valence-corrected chi connectivity index (χ4v) is 3.21. The Balaban J connectivity index is 2.01. The first kappa shape index (κ1) is 14.5. The van der Waals surface area contributed by atoms with Crippen molar-refractivity contribution in [1.29, 1.82) is 0 Å². The Morgan fingerprint density at radius 3 is 2.81 bits per heavy atom. The highest BCUT2D eigenvalue weighted by molar-refractivity contribution is 5.86. The first-order valence-electron chi connectivity index (χ1n) is 8.02. The van der Waals surface area contributed by atoms with Crippen molar-refractivity contribution >= 4 is 11.0 Å². The molecule has 0 bridgehead atoms. The third kappa shape index (κ3) is 2.67. The zero-order valence-corrected chi connectivity index (χ0v) is 13.5. The van der Waals surface area contributed by atoms with E-state index in [-0.39, 0.29) is 11.6 Å². The minimum Gasteiger partial charge on any atom is -0.483 e. The van der Waals surface area contributed by atoms with Crippen molar-refractivity contribution in [3.8, 4) is 5.75 Å². The number of furan rings is 1. The normalized spacial score (nSPS) is 17.7. The van der Waals surface area contributed by atoms with Crippen LogP contribution >= 0.6 is 0 Å². The molecule has 2 heterocycles. The zero-order chi connectivity index (χ0) is 15.0. The number of benzene rings is 1. The third-order valence-electron chi connectivity index (χ3n) is 4.11. The molecule has 1 aromatic carbocycles. The summed E-state index contributed by atoms with van der Waals surface area (Å²) in [6.45, 7) is 9.54. The van der Waals surface area contributed by atoms with Crippen LogP contribution in [0.2, 0.25) is 0 Å². The first-order chi connectivity index (χ1) is 10.0. The summed E-state index contributed by atoms with van der Waals surface area (Å²) < 4.78 is 12.3. The van der Waals surface area contributed by atoms with Gasteiger partial charge in [0.1, 0.15) is 11.4 Å². The van der Waals surface area contributed by atoms with Crippen LogP contribution in [0.25, 0.3) is 11.0 Å². The van der Waals surface area contributed by atoms with E-state index in [4.69, 9.17) is 9.15 Å². The molecule has 0 saturated heterocycles. The summed E-state index contributed by atoms with van der Waals surface area (Å²) in [7, 11) is 0. The van der Waals surface area contributed by atoms with E-state index in [2.05, 4.69) is 51.2 Å². The van der Waals surface area contributed by atoms with Crippen LogP contribution in [0.3, 0.4) is 0 Å². The summed E-state index contributed by atoms with van der Waals surface area (Å²) in [5.74, 6) is 1.96. The molecule has 1 unspecified atom stereocenters. The molecule has 2 aromatic rings. The average molecular weight is 287 g/mol. The lowest BCUT2D eigenvalue weighted by molar-refractivity contribution is 0.138. The lowest BCUT2D eigenvalue weighted by atomic mass is 10.0. The smallest absolute Gasteiger partial charge is 0.176 e. The largest absolute Gasteiger partial charge is 0.483 e. The van der Waals surface area contributed by atoms with E-state index in [9.17, 15) is 0 Å². The monoisotopic (exact) mass is 287 g/mol. The van der Waals surface area contributed by atoms with Crippen LogP contribution in [0.4, 0.5) is 0 Å². The Hall–Kier alpha value is -1.48. The SMILES string of the molecule is CCCC(NCC)c1cc2ccc3c(c2o1)OC(C)(C)C3. The molecule has 0 spiro atoms. The maximum Gasteiger partial charge on any atom is 0.176 e. The molecule has 1 atom stereocenters. The number of ether oxygens (including phenoxy) is 1. The van der Waals surface area contributed by atoms with Crippen molar-refractivity contribution in [3.05, 3.63) is 29.5 Å². The van der Waals surface area contributed by atoms with Crippen molar-refractivity contribution < 1.29 is 9.15 Å². The van der Waals surface area contributed by atoms with Gasteiger partial charge in [-0.05, 0) is 32.9 Å². The van der Waals surface area contributed by atoms with Gasteiger partial charge >= 0.3 is 0 Å². The standard InChI is InChI=1S/C18H25NO2/c1-5-7-14(19-6-2)15-10-12-8-9-13-11-18(3,4)21-17(13)16(12)20-15/h8-10,14,19H,5-7,11H2,1-4H3. The zero-order valence-electron chi connectivity index (χ0n) is 13.5. The van der Waals surface area contributed by atoms with Gasteiger partial charge in [-0.3, -0.25) is 0 Å². The van der Waals surface area contributed by atoms with E-state index in [1.165, 1.54) is 5.56 Å². The fourth-order valence-electron chi connectivity index (χ4n) is 3.21. The van der Waals surface area contributed by atoms with Gasteiger partial charge in [-0.1, -0.05) is 32.4 Å². The minimum atomic E-state index is -0.131. The van der Waals surface area contributed by atoms with Gasteiger partial charge in [0.05, 0.1) is 6.04 Å². The third-order valence-corrected chi connectivity index (χ3v) is 4.11. The van der Waals surface area contributed by atoms with Gasteiger partial charge in [0, 0.05) is 17.4 Å². The summed E-state index contributed by atoms with van der Waals surface area (Å²) in [6, 6.07) is 6.78. The van der Waals surface area contributed by atoms with Crippen molar-refractivity contribution in [2.75, 3.05) is 6.54 Å². The van der Waals surface area contributed by atoms with Gasteiger partial charge in [-0.25, -0.2) is 0 Å². The second-order valence-electron chi connectivity index (χ2n) is 6.56. The molecule has 3 nitrogen and oxygen atoms in total. The van der Waals surface area contributed by atoms with Crippen LogP contribution in [0.15, 0.2) is 22.6 Å². The van der Waals surface area contributed by atoms with E-state index in [0.29, 0.717) is 0 Å². The van der Waals surface area contributed by atoms with Gasteiger partial charge in [0.25, 0.3) is 0 Å². The molecule has 0 saturated carbocycles. The number of hydrogen-bond donors (Lipinski definition) is 1. The van der Waals surface area contributed by atoms with Crippen LogP contribution in [0, 0.1) is 0 Å². The summed E-state index contributed by atoms with van der Waals surface area (Å²) in [6.07, 6.45) is 3.17. The average Bonchev–Trinajstić information content (AvgIpc) is 2.97. The number of fused-ring (bicyclic) bond motifs is 3. The minimum absolute atomic E-state index is 0.131. The molecule has 1 aliphatic rings. The molecule has 3 heteroatoms. The van der Waals surface area contributed by atoms with E-state index in [1.807, 2.05) is 0 Å². The maximum absolute atomic E-state index is 6.18. The number of rotatable bonds is 5. The molecule has 1 aliphatic heterocycles. The van der Waals surface area contributed by atoms with Gasteiger partial charge in [-0.15, -0.1) is 0 Å². The Morgan fingerprint density at radius 1 is 1.29 bits per heavy atom. The highest BCUT2D eigenvalue weighted by Gasteiger charge is 2.32. The van der Waals surface area contributed by atoms with Gasteiger partial charge < -0.3 is 14.5 Å². The Morgan fingerprint density at radius 2 is 2.10 bits per heavy atom. The van der Waals surface area contributed by atoms with E-state index in [0.717, 1.165) is 48.3 Å². The molecule has 21 heavy (non-hydrogen) atoms. The van der Waals surface area contributed by atoms with Crippen LogP contribution < -0.4 is 10.1 Å². The van der Waals surface area contributed by atoms with Crippen molar-refractivity contribution in [2.45, 2.75) is 58.6 Å². The Labute approximate surface area is 126 Å². The number of nitrogens with one attached hydrogen (secondary N) is 1. The molecule has 114 valence electrons. The van der Waals surface area contributed by atoms with E-state index in [1.54, 1.807) is 0 Å². The molecular formula is C18H25NO2. The van der Waals surface area contributed by atoms with Gasteiger partial charge in [-0.2, -0.15) is 0 Å². The lowest BCUT2D eigenvalue weighted by Crippen LogP contribution is -2.24. The Bertz CT molecular complexity index is 636. The van der Waals surface area contributed by atoms with E-state index < -0.39 is 0 Å². The molecule has 0 radical (unpaired) electrons. The molecule has 1 N–H and O–H groups in total.